The highest BCUT2D eigenvalue weighted by atomic mass is 35.5. The first-order valence-corrected chi connectivity index (χ1v) is 8.83. The lowest BCUT2D eigenvalue weighted by atomic mass is 9.62. The van der Waals surface area contributed by atoms with Crippen LogP contribution >= 0.6 is 11.6 Å². The normalized spacial score (nSPS) is 11.5. The van der Waals surface area contributed by atoms with Crippen LogP contribution in [-0.2, 0) is 5.40 Å². The van der Waals surface area contributed by atoms with E-state index in [2.05, 4.69) is 9.97 Å². The SMILES string of the molecule is BC(B)(Oc1cc(C)n(-c2cc(Cl)ncc2C)c(=O)c1)c1ncc(F)cc1F. The zero-order valence-electron chi connectivity index (χ0n) is 15.8. The van der Waals surface area contributed by atoms with Crippen molar-refractivity contribution >= 4 is 27.3 Å². The second-order valence-corrected chi connectivity index (χ2v) is 7.28. The van der Waals surface area contributed by atoms with Crippen molar-refractivity contribution in [2.75, 3.05) is 0 Å². The first-order valence-electron chi connectivity index (χ1n) is 8.45. The molecule has 28 heavy (non-hydrogen) atoms. The van der Waals surface area contributed by atoms with Crippen LogP contribution in [0.5, 0.6) is 5.75 Å². The van der Waals surface area contributed by atoms with Gasteiger partial charge in [0, 0.05) is 24.0 Å². The van der Waals surface area contributed by atoms with Crippen molar-refractivity contribution in [3.63, 3.8) is 0 Å². The Labute approximate surface area is 167 Å². The number of aromatic nitrogens is 3. The van der Waals surface area contributed by atoms with Gasteiger partial charge in [-0.1, -0.05) is 11.6 Å². The van der Waals surface area contributed by atoms with Crippen LogP contribution in [0.15, 0.2) is 41.5 Å². The summed E-state index contributed by atoms with van der Waals surface area (Å²) in [5, 5.41) is -0.954. The van der Waals surface area contributed by atoms with Crippen LogP contribution in [0.2, 0.25) is 5.15 Å². The molecule has 10 heteroatoms. The molecular weight excluding hydrogens is 385 g/mol. The van der Waals surface area contributed by atoms with Crippen molar-refractivity contribution in [1.82, 2.24) is 14.5 Å². The molecule has 0 radical (unpaired) electrons. The highest BCUT2D eigenvalue weighted by Gasteiger charge is 2.28. The van der Waals surface area contributed by atoms with Gasteiger partial charge in [0.25, 0.3) is 5.56 Å². The number of nitrogens with zero attached hydrogens (tertiary/aromatic N) is 3. The zero-order chi connectivity index (χ0) is 20.6. The highest BCUT2D eigenvalue weighted by Crippen LogP contribution is 2.25. The van der Waals surface area contributed by atoms with E-state index in [0.29, 0.717) is 11.4 Å². The van der Waals surface area contributed by atoms with Gasteiger partial charge in [0.2, 0.25) is 0 Å². The first kappa shape index (κ1) is 20.1. The van der Waals surface area contributed by atoms with Crippen LogP contribution in [0, 0.1) is 25.5 Å². The molecule has 3 heterocycles. The van der Waals surface area contributed by atoms with Gasteiger partial charge >= 0.3 is 0 Å². The lowest BCUT2D eigenvalue weighted by Crippen LogP contribution is -2.37. The molecule has 0 N–H and O–H groups in total. The molecule has 3 rings (SSSR count). The molecule has 0 atom stereocenters. The summed E-state index contributed by atoms with van der Waals surface area (Å²) in [6, 6.07) is 5.29. The number of pyridine rings is 3. The summed E-state index contributed by atoms with van der Waals surface area (Å²) in [5.41, 5.74) is 1.58. The number of aryl methyl sites for hydroxylation is 2. The Bertz CT molecular complexity index is 1120. The van der Waals surface area contributed by atoms with E-state index in [-0.39, 0.29) is 22.2 Å². The van der Waals surface area contributed by atoms with E-state index in [1.165, 1.54) is 10.6 Å². The van der Waals surface area contributed by atoms with Gasteiger partial charge < -0.3 is 4.74 Å². The van der Waals surface area contributed by atoms with Gasteiger partial charge in [0.1, 0.15) is 28.2 Å². The Morgan fingerprint density at radius 3 is 2.46 bits per heavy atom. The standard InChI is InChI=1S/C18H16B2ClF2N3O2/c1-9-7-24-15(21)6-14(9)26-10(2)3-12(5-16(26)27)28-18(19,20)17-13(23)4-11(22)8-25-17/h3-8H,19-20H2,1-2H3. The Morgan fingerprint density at radius 2 is 1.82 bits per heavy atom. The second kappa shape index (κ2) is 7.39. The fourth-order valence-corrected chi connectivity index (χ4v) is 3.12. The van der Waals surface area contributed by atoms with E-state index in [0.717, 1.165) is 17.8 Å². The van der Waals surface area contributed by atoms with E-state index < -0.39 is 17.0 Å². The predicted molar refractivity (Wildman–Crippen MR) is 108 cm³/mol. The third-order valence-electron chi connectivity index (χ3n) is 4.22. The minimum absolute atomic E-state index is 0.0625. The molecule has 0 spiro atoms. The van der Waals surface area contributed by atoms with Crippen molar-refractivity contribution in [3.8, 4) is 11.4 Å². The van der Waals surface area contributed by atoms with E-state index in [4.69, 9.17) is 16.3 Å². The Kier molecular flexibility index (Phi) is 5.30. The largest absolute Gasteiger partial charge is 0.499 e. The van der Waals surface area contributed by atoms with Crippen LogP contribution in [-0.4, -0.2) is 30.2 Å². The summed E-state index contributed by atoms with van der Waals surface area (Å²) >= 11 is 5.96. The number of halogens is 3. The fraction of sp³-hybridized carbons (Fsp3) is 0.167. The molecule has 0 fully saturated rings. The molecule has 0 saturated carbocycles. The summed E-state index contributed by atoms with van der Waals surface area (Å²) in [5.74, 6) is -1.36. The second-order valence-electron chi connectivity index (χ2n) is 6.90. The molecule has 0 aliphatic carbocycles. The number of hydrogen-bond acceptors (Lipinski definition) is 4. The molecule has 0 aromatic carbocycles. The topological polar surface area (TPSA) is 57.0 Å². The quantitative estimate of drug-likeness (QED) is 0.493. The Balaban J connectivity index is 2.01. The van der Waals surface area contributed by atoms with Crippen LogP contribution in [0.25, 0.3) is 5.69 Å². The molecule has 0 saturated heterocycles. The van der Waals surface area contributed by atoms with Gasteiger partial charge in [0.15, 0.2) is 15.7 Å². The molecule has 0 unspecified atom stereocenters. The molecule has 5 nitrogen and oxygen atoms in total. The summed E-state index contributed by atoms with van der Waals surface area (Å²) in [7, 11) is 3.17. The average molecular weight is 401 g/mol. The van der Waals surface area contributed by atoms with Gasteiger partial charge in [-0.25, -0.2) is 13.8 Å². The monoisotopic (exact) mass is 401 g/mol. The summed E-state index contributed by atoms with van der Waals surface area (Å²) in [6.07, 6.45) is 2.50. The van der Waals surface area contributed by atoms with E-state index in [9.17, 15) is 13.6 Å². The van der Waals surface area contributed by atoms with Crippen molar-refractivity contribution < 1.29 is 13.5 Å². The van der Waals surface area contributed by atoms with Gasteiger partial charge in [-0.15, -0.1) is 0 Å². The molecule has 3 aromatic rings. The maximum atomic E-state index is 14.1. The predicted octanol–water partition coefficient (Wildman–Crippen LogP) is 1.63. The lowest BCUT2D eigenvalue weighted by molar-refractivity contribution is 0.231. The highest BCUT2D eigenvalue weighted by molar-refractivity contribution is 6.38. The van der Waals surface area contributed by atoms with E-state index >= 15 is 0 Å². The maximum Gasteiger partial charge on any atom is 0.259 e. The van der Waals surface area contributed by atoms with Gasteiger partial charge in [-0.2, -0.15) is 0 Å². The van der Waals surface area contributed by atoms with Gasteiger partial charge in [0.05, 0.1) is 17.3 Å². The Morgan fingerprint density at radius 1 is 1.11 bits per heavy atom. The third-order valence-corrected chi connectivity index (χ3v) is 4.43. The molecular formula is C18H16B2ClF2N3O2. The van der Waals surface area contributed by atoms with Crippen LogP contribution in [0.4, 0.5) is 8.78 Å². The van der Waals surface area contributed by atoms with Crippen LogP contribution in [0.1, 0.15) is 17.0 Å². The number of rotatable bonds is 4. The lowest BCUT2D eigenvalue weighted by Gasteiger charge is -2.27. The van der Waals surface area contributed by atoms with E-state index in [1.54, 1.807) is 40.9 Å². The van der Waals surface area contributed by atoms with Crippen molar-refractivity contribution in [2.45, 2.75) is 19.2 Å². The van der Waals surface area contributed by atoms with Gasteiger partial charge in [-0.3, -0.25) is 14.3 Å². The summed E-state index contributed by atoms with van der Waals surface area (Å²) in [4.78, 5) is 20.5. The van der Waals surface area contributed by atoms with Crippen LogP contribution in [0.3, 0.4) is 0 Å². The minimum Gasteiger partial charge on any atom is -0.499 e. The molecule has 3 aromatic heterocycles. The fourth-order valence-electron chi connectivity index (χ4n) is 2.97. The van der Waals surface area contributed by atoms with Crippen molar-refractivity contribution in [2.24, 2.45) is 0 Å². The molecule has 0 bridgehead atoms. The molecule has 0 aliphatic heterocycles. The van der Waals surface area contributed by atoms with Crippen molar-refractivity contribution in [1.29, 1.82) is 0 Å². The zero-order valence-corrected chi connectivity index (χ0v) is 16.5. The third kappa shape index (κ3) is 3.94. The molecule has 142 valence electrons. The van der Waals surface area contributed by atoms with E-state index in [1.807, 2.05) is 6.92 Å². The smallest absolute Gasteiger partial charge is 0.259 e. The molecule has 0 aliphatic rings. The van der Waals surface area contributed by atoms with Crippen LogP contribution < -0.4 is 10.3 Å². The number of ether oxygens (including phenoxy) is 1. The first-order chi connectivity index (χ1) is 13.1. The summed E-state index contributed by atoms with van der Waals surface area (Å²) in [6.45, 7) is 3.56. The minimum atomic E-state index is -1.22. The van der Waals surface area contributed by atoms with Crippen molar-refractivity contribution in [3.05, 3.63) is 80.8 Å². The van der Waals surface area contributed by atoms with Gasteiger partial charge in [-0.05, 0) is 31.5 Å². The molecule has 0 amide bonds. The number of hydrogen-bond donors (Lipinski definition) is 0. The summed E-state index contributed by atoms with van der Waals surface area (Å²) < 4.78 is 34.6. The maximum absolute atomic E-state index is 14.1. The Hall–Kier alpha value is -2.67. The average Bonchev–Trinajstić information content (AvgIpc) is 2.56.